The van der Waals surface area contributed by atoms with E-state index in [2.05, 4.69) is 10.5 Å². The summed E-state index contributed by atoms with van der Waals surface area (Å²) in [6, 6.07) is 10.4. The van der Waals surface area contributed by atoms with Crippen LogP contribution in [-0.4, -0.2) is 31.1 Å². The number of carbonyl (C=O) groups is 1. The van der Waals surface area contributed by atoms with Crippen molar-refractivity contribution in [2.75, 3.05) is 19.0 Å². The van der Waals surface area contributed by atoms with E-state index >= 15 is 0 Å². The minimum atomic E-state index is -0.801. The summed E-state index contributed by atoms with van der Waals surface area (Å²) in [5.74, 6) is -1.41. The second-order valence-electron chi connectivity index (χ2n) is 5.12. The largest absolute Gasteiger partial charge is 0.872 e. The fourth-order valence-corrected chi connectivity index (χ4v) is 1.89. The summed E-state index contributed by atoms with van der Waals surface area (Å²) in [5, 5.41) is 26.1. The Balaban J connectivity index is 2.07. The number of nitrogens with one attached hydrogen (secondary N) is 1. The molecule has 0 bridgehead atoms. The van der Waals surface area contributed by atoms with E-state index in [1.807, 2.05) is 43.3 Å². The number of nitro benzene ring substituents is 1. The molecule has 0 aliphatic heterocycles. The first-order valence-electron chi connectivity index (χ1n) is 6.94. The second-order valence-corrected chi connectivity index (χ2v) is 5.12. The summed E-state index contributed by atoms with van der Waals surface area (Å²) in [6.07, 6.45) is 1.42. The van der Waals surface area contributed by atoms with Gasteiger partial charge in [-0.2, -0.15) is 5.10 Å². The van der Waals surface area contributed by atoms with Crippen LogP contribution in [0.2, 0.25) is 0 Å². The Morgan fingerprint density at radius 3 is 2.46 bits per heavy atom. The molecule has 0 saturated heterocycles. The molecule has 2 rings (SSSR count). The van der Waals surface area contributed by atoms with Crippen molar-refractivity contribution in [3.63, 3.8) is 0 Å². The van der Waals surface area contributed by atoms with Crippen molar-refractivity contribution in [1.29, 1.82) is 0 Å². The molecule has 124 valence electrons. The first-order valence-corrected chi connectivity index (χ1v) is 6.94. The molecular formula is C16H15N4O4-. The van der Waals surface area contributed by atoms with Crippen molar-refractivity contribution < 1.29 is 14.8 Å². The van der Waals surface area contributed by atoms with Crippen molar-refractivity contribution >= 4 is 23.5 Å². The minimum absolute atomic E-state index is 0.329. The topological polar surface area (TPSA) is 111 Å². The summed E-state index contributed by atoms with van der Waals surface area (Å²) in [5.41, 5.74) is 3.30. The molecule has 0 fully saturated rings. The third kappa shape index (κ3) is 4.07. The number of nitro groups is 1. The summed E-state index contributed by atoms with van der Waals surface area (Å²) < 4.78 is 0. The number of non-ortho nitro benzene ring substituents is 1. The van der Waals surface area contributed by atoms with Gasteiger partial charge in [0, 0.05) is 37.5 Å². The van der Waals surface area contributed by atoms with E-state index in [9.17, 15) is 20.0 Å². The summed E-state index contributed by atoms with van der Waals surface area (Å²) >= 11 is 0. The molecule has 8 nitrogen and oxygen atoms in total. The maximum absolute atomic E-state index is 11.9. The van der Waals surface area contributed by atoms with Gasteiger partial charge in [0.1, 0.15) is 0 Å². The van der Waals surface area contributed by atoms with E-state index in [-0.39, 0.29) is 11.3 Å². The van der Waals surface area contributed by atoms with E-state index in [1.165, 1.54) is 6.21 Å². The molecule has 0 aromatic heterocycles. The van der Waals surface area contributed by atoms with E-state index in [0.717, 1.165) is 29.4 Å². The predicted molar refractivity (Wildman–Crippen MR) is 88.4 cm³/mol. The average Bonchev–Trinajstić information content (AvgIpc) is 2.55. The number of hydrogen-bond acceptors (Lipinski definition) is 6. The Kier molecular flexibility index (Phi) is 5.10. The molecule has 0 heterocycles. The SMILES string of the molecule is CN(C)c1ccc(/C=N\NC(=O)c2cc([N+](=O)[O-])ccc2[O-])cc1. The molecule has 0 atom stereocenters. The van der Waals surface area contributed by atoms with Crippen LogP contribution in [0.25, 0.3) is 0 Å². The van der Waals surface area contributed by atoms with Crippen molar-refractivity contribution in [3.8, 4) is 5.75 Å². The van der Waals surface area contributed by atoms with Crippen molar-refractivity contribution in [2.45, 2.75) is 0 Å². The lowest BCUT2D eigenvalue weighted by molar-refractivity contribution is -0.385. The molecule has 0 spiro atoms. The van der Waals surface area contributed by atoms with Gasteiger partial charge in [0.15, 0.2) is 0 Å². The normalized spacial score (nSPS) is 10.6. The van der Waals surface area contributed by atoms with Gasteiger partial charge in [0.25, 0.3) is 11.6 Å². The van der Waals surface area contributed by atoms with Crippen LogP contribution < -0.4 is 15.4 Å². The third-order valence-corrected chi connectivity index (χ3v) is 3.21. The van der Waals surface area contributed by atoms with E-state index < -0.39 is 16.6 Å². The standard InChI is InChI=1S/C16H16N4O4/c1-19(2)12-5-3-11(4-6-12)10-17-18-16(22)14-9-13(20(23)24)7-8-15(14)21/h3-10,21H,1-2H3,(H,18,22)/p-1/b17-10-. The van der Waals surface area contributed by atoms with Crippen molar-refractivity contribution in [1.82, 2.24) is 5.43 Å². The van der Waals surface area contributed by atoms with Crippen LogP contribution in [0.3, 0.4) is 0 Å². The molecular weight excluding hydrogens is 312 g/mol. The van der Waals surface area contributed by atoms with Gasteiger partial charge >= 0.3 is 0 Å². The average molecular weight is 327 g/mol. The van der Waals surface area contributed by atoms with Gasteiger partial charge in [-0.25, -0.2) is 5.43 Å². The lowest BCUT2D eigenvalue weighted by atomic mass is 10.1. The van der Waals surface area contributed by atoms with Gasteiger partial charge in [0.05, 0.1) is 11.1 Å². The van der Waals surface area contributed by atoms with Crippen molar-refractivity contribution in [2.24, 2.45) is 5.10 Å². The van der Waals surface area contributed by atoms with E-state index in [0.29, 0.717) is 0 Å². The van der Waals surface area contributed by atoms with Crippen LogP contribution in [0.1, 0.15) is 15.9 Å². The summed E-state index contributed by atoms with van der Waals surface area (Å²) in [4.78, 5) is 23.9. The Bertz CT molecular complexity index is 785. The number of carbonyl (C=O) groups excluding carboxylic acids is 1. The molecule has 24 heavy (non-hydrogen) atoms. The Hall–Kier alpha value is -3.42. The number of hydrazone groups is 1. The highest BCUT2D eigenvalue weighted by Crippen LogP contribution is 2.20. The number of nitrogens with zero attached hydrogens (tertiary/aromatic N) is 3. The van der Waals surface area contributed by atoms with Gasteiger partial charge in [-0.3, -0.25) is 14.9 Å². The molecule has 0 unspecified atom stereocenters. The maximum Gasteiger partial charge on any atom is 0.270 e. The smallest absolute Gasteiger partial charge is 0.270 e. The Morgan fingerprint density at radius 2 is 1.88 bits per heavy atom. The zero-order valence-electron chi connectivity index (χ0n) is 13.1. The number of amides is 1. The number of anilines is 1. The fraction of sp³-hybridized carbons (Fsp3) is 0.125. The monoisotopic (exact) mass is 327 g/mol. The highest BCUT2D eigenvalue weighted by Gasteiger charge is 2.12. The van der Waals surface area contributed by atoms with Gasteiger partial charge in [-0.1, -0.05) is 23.9 Å². The van der Waals surface area contributed by atoms with Crippen molar-refractivity contribution in [3.05, 3.63) is 63.7 Å². The lowest BCUT2D eigenvalue weighted by Gasteiger charge is -2.12. The van der Waals surface area contributed by atoms with Crippen LogP contribution in [0.5, 0.6) is 5.75 Å². The number of rotatable bonds is 5. The van der Waals surface area contributed by atoms with Crippen LogP contribution in [0.4, 0.5) is 11.4 Å². The van der Waals surface area contributed by atoms with Gasteiger partial charge in [-0.05, 0) is 17.7 Å². The summed E-state index contributed by atoms with van der Waals surface area (Å²) in [7, 11) is 3.84. The Labute approximate surface area is 138 Å². The summed E-state index contributed by atoms with van der Waals surface area (Å²) in [6.45, 7) is 0. The minimum Gasteiger partial charge on any atom is -0.872 e. The van der Waals surface area contributed by atoms with Gasteiger partial charge < -0.3 is 10.0 Å². The van der Waals surface area contributed by atoms with Crippen LogP contribution in [0.15, 0.2) is 47.6 Å². The molecule has 0 radical (unpaired) electrons. The van der Waals surface area contributed by atoms with E-state index in [4.69, 9.17) is 0 Å². The molecule has 8 heteroatoms. The van der Waals surface area contributed by atoms with Crippen LogP contribution in [-0.2, 0) is 0 Å². The highest BCUT2D eigenvalue weighted by molar-refractivity contribution is 5.97. The molecule has 2 aromatic rings. The predicted octanol–water partition coefficient (Wildman–Crippen LogP) is 1.50. The fourth-order valence-electron chi connectivity index (χ4n) is 1.89. The number of benzene rings is 2. The van der Waals surface area contributed by atoms with Gasteiger partial charge in [-0.15, -0.1) is 0 Å². The molecule has 1 N–H and O–H groups in total. The molecule has 0 aliphatic carbocycles. The highest BCUT2D eigenvalue weighted by atomic mass is 16.6. The Morgan fingerprint density at radius 1 is 1.21 bits per heavy atom. The maximum atomic E-state index is 11.9. The molecule has 2 aromatic carbocycles. The first kappa shape index (κ1) is 16.9. The van der Waals surface area contributed by atoms with Gasteiger partial charge in [0.2, 0.25) is 0 Å². The second kappa shape index (κ2) is 7.23. The quantitative estimate of drug-likeness (QED) is 0.508. The zero-order chi connectivity index (χ0) is 17.7. The lowest BCUT2D eigenvalue weighted by Crippen LogP contribution is -2.19. The zero-order valence-corrected chi connectivity index (χ0v) is 13.1. The van der Waals surface area contributed by atoms with Crippen LogP contribution in [0, 0.1) is 10.1 Å². The van der Waals surface area contributed by atoms with E-state index in [1.54, 1.807) is 0 Å². The van der Waals surface area contributed by atoms with Crippen LogP contribution >= 0.6 is 0 Å². The molecule has 1 amide bonds. The molecule has 0 aliphatic rings. The first-order chi connectivity index (χ1) is 11.4. The molecule has 0 saturated carbocycles. The number of hydrogen-bond donors (Lipinski definition) is 1. The third-order valence-electron chi connectivity index (χ3n) is 3.21.